The van der Waals surface area contributed by atoms with E-state index in [0.717, 1.165) is 29.8 Å². The molecule has 0 spiro atoms. The van der Waals surface area contributed by atoms with Crippen molar-refractivity contribution in [3.05, 3.63) is 71.8 Å². The van der Waals surface area contributed by atoms with Crippen molar-refractivity contribution < 1.29 is 0 Å². The summed E-state index contributed by atoms with van der Waals surface area (Å²) in [5.74, 6) is 0. The van der Waals surface area contributed by atoms with Crippen LogP contribution >= 0.6 is 0 Å². The second-order valence-corrected chi connectivity index (χ2v) is 4.77. The summed E-state index contributed by atoms with van der Waals surface area (Å²) in [7, 11) is 0. The first-order chi connectivity index (χ1) is 9.88. The van der Waals surface area contributed by atoms with Crippen LogP contribution in [0.25, 0.3) is 0 Å². The fourth-order valence-corrected chi connectivity index (χ4v) is 2.44. The van der Waals surface area contributed by atoms with Crippen LogP contribution in [0, 0.1) is 11.3 Å². The standard InChI is InChI=1S/C17H15N3/c18-13-17(15-9-5-2-6-10-15)20-12-11-16(19-20)14-7-3-1-4-8-14/h1-10,17H,11-12H2. The number of nitriles is 1. The van der Waals surface area contributed by atoms with Crippen molar-refractivity contribution in [2.75, 3.05) is 6.54 Å². The first-order valence-corrected chi connectivity index (χ1v) is 6.72. The molecule has 0 fully saturated rings. The van der Waals surface area contributed by atoms with E-state index in [1.807, 2.05) is 53.5 Å². The third-order valence-corrected chi connectivity index (χ3v) is 3.47. The minimum absolute atomic E-state index is 0.308. The van der Waals surface area contributed by atoms with Crippen LogP contribution < -0.4 is 0 Å². The summed E-state index contributed by atoms with van der Waals surface area (Å²) in [5.41, 5.74) is 3.19. The Bertz CT molecular complexity index is 641. The highest BCUT2D eigenvalue weighted by atomic mass is 15.5. The predicted molar refractivity (Wildman–Crippen MR) is 79.1 cm³/mol. The van der Waals surface area contributed by atoms with Crippen molar-refractivity contribution in [2.45, 2.75) is 12.5 Å². The Labute approximate surface area is 118 Å². The quantitative estimate of drug-likeness (QED) is 0.849. The van der Waals surface area contributed by atoms with Gasteiger partial charge in [-0.2, -0.15) is 10.4 Å². The number of nitrogens with zero attached hydrogens (tertiary/aromatic N) is 3. The summed E-state index contributed by atoms with van der Waals surface area (Å²) in [6.07, 6.45) is 0.884. The Morgan fingerprint density at radius 2 is 1.65 bits per heavy atom. The van der Waals surface area contributed by atoms with Crippen molar-refractivity contribution in [3.8, 4) is 6.07 Å². The lowest BCUT2D eigenvalue weighted by atomic mass is 10.1. The minimum atomic E-state index is -0.308. The predicted octanol–water partition coefficient (Wildman–Crippen LogP) is 3.36. The molecule has 0 aliphatic carbocycles. The van der Waals surface area contributed by atoms with Crippen LogP contribution in [-0.4, -0.2) is 17.3 Å². The maximum absolute atomic E-state index is 9.44. The zero-order valence-electron chi connectivity index (χ0n) is 11.1. The van der Waals surface area contributed by atoms with E-state index >= 15 is 0 Å². The molecule has 2 aromatic carbocycles. The van der Waals surface area contributed by atoms with Gasteiger partial charge in [0.05, 0.1) is 11.8 Å². The van der Waals surface area contributed by atoms with Crippen LogP contribution in [0.5, 0.6) is 0 Å². The normalized spacial score (nSPS) is 15.6. The molecule has 3 nitrogen and oxygen atoms in total. The third-order valence-electron chi connectivity index (χ3n) is 3.47. The lowest BCUT2D eigenvalue weighted by Crippen LogP contribution is -2.19. The van der Waals surface area contributed by atoms with Gasteiger partial charge >= 0.3 is 0 Å². The van der Waals surface area contributed by atoms with Gasteiger partial charge in [0.25, 0.3) is 0 Å². The maximum Gasteiger partial charge on any atom is 0.158 e. The van der Waals surface area contributed by atoms with Crippen LogP contribution in [0.4, 0.5) is 0 Å². The Morgan fingerprint density at radius 3 is 2.30 bits per heavy atom. The molecule has 1 atom stereocenters. The number of hydrogen-bond acceptors (Lipinski definition) is 3. The van der Waals surface area contributed by atoms with E-state index in [-0.39, 0.29) is 6.04 Å². The lowest BCUT2D eigenvalue weighted by molar-refractivity contribution is 0.275. The average molecular weight is 261 g/mol. The Kier molecular flexibility index (Phi) is 3.47. The Balaban J connectivity index is 1.86. The molecule has 0 bridgehead atoms. The van der Waals surface area contributed by atoms with Gasteiger partial charge in [0, 0.05) is 13.0 Å². The molecule has 3 rings (SSSR count). The van der Waals surface area contributed by atoms with Gasteiger partial charge in [-0.25, -0.2) is 0 Å². The summed E-state index contributed by atoms with van der Waals surface area (Å²) < 4.78 is 0. The molecule has 3 heteroatoms. The molecule has 0 radical (unpaired) electrons. The largest absolute Gasteiger partial charge is 0.275 e. The van der Waals surface area contributed by atoms with Crippen LogP contribution in [-0.2, 0) is 0 Å². The highest BCUT2D eigenvalue weighted by molar-refractivity contribution is 6.01. The molecule has 0 aromatic heterocycles. The average Bonchev–Trinajstić information content (AvgIpc) is 3.00. The van der Waals surface area contributed by atoms with Crippen LogP contribution in [0.15, 0.2) is 65.8 Å². The van der Waals surface area contributed by atoms with Crippen LogP contribution in [0.3, 0.4) is 0 Å². The topological polar surface area (TPSA) is 39.4 Å². The molecule has 0 saturated carbocycles. The lowest BCUT2D eigenvalue weighted by Gasteiger charge is -2.20. The van der Waals surface area contributed by atoms with Gasteiger partial charge in [0.15, 0.2) is 6.04 Å². The molecule has 20 heavy (non-hydrogen) atoms. The molecule has 2 aromatic rings. The molecule has 0 N–H and O–H groups in total. The molecular weight excluding hydrogens is 246 g/mol. The number of hydrogen-bond donors (Lipinski definition) is 0. The van der Waals surface area contributed by atoms with Crippen molar-refractivity contribution >= 4 is 5.71 Å². The summed E-state index contributed by atoms with van der Waals surface area (Å²) in [4.78, 5) is 0. The van der Waals surface area contributed by atoms with Crippen molar-refractivity contribution in [1.29, 1.82) is 5.26 Å². The van der Waals surface area contributed by atoms with Gasteiger partial charge in [0.1, 0.15) is 0 Å². The molecule has 1 unspecified atom stereocenters. The van der Waals surface area contributed by atoms with E-state index in [9.17, 15) is 5.26 Å². The number of hydrazone groups is 1. The van der Waals surface area contributed by atoms with E-state index < -0.39 is 0 Å². The second kappa shape index (κ2) is 5.58. The van der Waals surface area contributed by atoms with Crippen molar-refractivity contribution in [1.82, 2.24) is 5.01 Å². The fourth-order valence-electron chi connectivity index (χ4n) is 2.44. The number of benzene rings is 2. The van der Waals surface area contributed by atoms with Crippen molar-refractivity contribution in [2.24, 2.45) is 5.10 Å². The van der Waals surface area contributed by atoms with E-state index in [2.05, 4.69) is 23.3 Å². The minimum Gasteiger partial charge on any atom is -0.275 e. The van der Waals surface area contributed by atoms with Gasteiger partial charge in [-0.05, 0) is 11.1 Å². The van der Waals surface area contributed by atoms with Crippen molar-refractivity contribution in [3.63, 3.8) is 0 Å². The molecular formula is C17H15N3. The molecule has 0 amide bonds. The first-order valence-electron chi connectivity index (χ1n) is 6.72. The summed E-state index contributed by atoms with van der Waals surface area (Å²) >= 11 is 0. The Morgan fingerprint density at radius 1 is 1.00 bits per heavy atom. The van der Waals surface area contributed by atoms with E-state index in [4.69, 9.17) is 0 Å². The molecule has 1 heterocycles. The molecule has 0 saturated heterocycles. The van der Waals surface area contributed by atoms with Gasteiger partial charge in [-0.1, -0.05) is 60.7 Å². The number of rotatable bonds is 3. The summed E-state index contributed by atoms with van der Waals surface area (Å²) in [6.45, 7) is 0.789. The van der Waals surface area contributed by atoms with Gasteiger partial charge in [0.2, 0.25) is 0 Å². The van der Waals surface area contributed by atoms with E-state index in [1.165, 1.54) is 0 Å². The van der Waals surface area contributed by atoms with Crippen LogP contribution in [0.1, 0.15) is 23.6 Å². The Hall–Kier alpha value is -2.60. The molecule has 1 aliphatic heterocycles. The summed E-state index contributed by atoms with van der Waals surface area (Å²) in [5, 5.41) is 16.0. The highest BCUT2D eigenvalue weighted by Crippen LogP contribution is 2.25. The second-order valence-electron chi connectivity index (χ2n) is 4.77. The van der Waals surface area contributed by atoms with E-state index in [1.54, 1.807) is 0 Å². The van der Waals surface area contributed by atoms with Gasteiger partial charge < -0.3 is 0 Å². The SMILES string of the molecule is N#CC(c1ccccc1)N1CCC(c2ccccc2)=N1. The molecule has 1 aliphatic rings. The summed E-state index contributed by atoms with van der Waals surface area (Å²) in [6, 6.07) is 22.0. The zero-order chi connectivity index (χ0) is 13.8. The van der Waals surface area contributed by atoms with Crippen LogP contribution in [0.2, 0.25) is 0 Å². The van der Waals surface area contributed by atoms with E-state index in [0.29, 0.717) is 0 Å². The smallest absolute Gasteiger partial charge is 0.158 e. The zero-order valence-corrected chi connectivity index (χ0v) is 11.1. The molecule has 98 valence electrons. The highest BCUT2D eigenvalue weighted by Gasteiger charge is 2.24. The fraction of sp³-hybridized carbons (Fsp3) is 0.176. The maximum atomic E-state index is 9.44. The van der Waals surface area contributed by atoms with Gasteiger partial charge in [-0.15, -0.1) is 0 Å². The monoisotopic (exact) mass is 261 g/mol. The van der Waals surface area contributed by atoms with Gasteiger partial charge in [-0.3, -0.25) is 5.01 Å². The first kappa shape index (κ1) is 12.4. The third kappa shape index (κ3) is 2.41.